The lowest BCUT2D eigenvalue weighted by atomic mass is 10.3. The molecule has 0 amide bonds. The van der Waals surface area contributed by atoms with Gasteiger partial charge in [0, 0.05) is 10.4 Å². The molecule has 1 aromatic carbocycles. The second kappa shape index (κ2) is 6.77. The molecule has 0 bridgehead atoms. The van der Waals surface area contributed by atoms with Crippen molar-refractivity contribution in [2.45, 2.75) is 16.0 Å². The highest BCUT2D eigenvalue weighted by molar-refractivity contribution is 7.91. The molecule has 0 spiro atoms. The van der Waals surface area contributed by atoms with Crippen molar-refractivity contribution in [3.8, 4) is 0 Å². The molecular formula is C13H10ClN5O3S2. The summed E-state index contributed by atoms with van der Waals surface area (Å²) in [5, 5.41) is 24.9. The number of aromatic amines is 1. The molecular weight excluding hydrogens is 374 g/mol. The first-order valence-corrected chi connectivity index (χ1v) is 9.27. The third kappa shape index (κ3) is 3.51. The molecule has 2 heterocycles. The van der Waals surface area contributed by atoms with Crippen LogP contribution in [0.4, 0.5) is 0 Å². The largest absolute Gasteiger partial charge is 0.381 e. The summed E-state index contributed by atoms with van der Waals surface area (Å²) in [6.07, 6.45) is 1.82. The molecule has 0 aliphatic heterocycles. The lowest BCUT2D eigenvalue weighted by Crippen LogP contribution is -2.02. The van der Waals surface area contributed by atoms with Gasteiger partial charge in [-0.1, -0.05) is 16.8 Å². The average Bonchev–Trinajstić information content (AvgIpc) is 3.25. The van der Waals surface area contributed by atoms with E-state index in [0.29, 0.717) is 10.0 Å². The first kappa shape index (κ1) is 16.7. The van der Waals surface area contributed by atoms with Crippen LogP contribution in [-0.4, -0.2) is 39.1 Å². The van der Waals surface area contributed by atoms with Crippen molar-refractivity contribution in [1.29, 1.82) is 0 Å². The maximum absolute atomic E-state index is 12.5. The number of benzene rings is 1. The summed E-state index contributed by atoms with van der Waals surface area (Å²) in [5.41, 5.74) is 0. The zero-order valence-electron chi connectivity index (χ0n) is 11.9. The van der Waals surface area contributed by atoms with Gasteiger partial charge in [0.2, 0.25) is 15.7 Å². The third-order valence-electron chi connectivity index (χ3n) is 2.95. The molecule has 11 heteroatoms. The summed E-state index contributed by atoms with van der Waals surface area (Å²) in [4.78, 5) is 4.18. The minimum Gasteiger partial charge on any atom is -0.381 e. The number of H-pyrrole nitrogens is 1. The summed E-state index contributed by atoms with van der Waals surface area (Å²) in [6.45, 7) is 0. The fourth-order valence-electron chi connectivity index (χ4n) is 1.76. The number of nitrogens with zero attached hydrogens (tertiary/aromatic N) is 4. The van der Waals surface area contributed by atoms with Crippen LogP contribution in [0, 0.1) is 0 Å². The van der Waals surface area contributed by atoms with Crippen LogP contribution in [0.1, 0.15) is 16.9 Å². The number of aromatic nitrogens is 5. The molecule has 0 aliphatic carbocycles. The molecule has 0 fully saturated rings. The Kier molecular flexibility index (Phi) is 4.71. The Hall–Kier alpha value is -2.14. The normalized spacial score (nSPS) is 13.4. The second-order valence-corrected chi connectivity index (χ2v) is 7.78. The van der Waals surface area contributed by atoms with Gasteiger partial charge in [0.15, 0.2) is 5.03 Å². The molecule has 1 atom stereocenters. The number of tetrazole rings is 1. The number of hydrogen-bond acceptors (Lipinski definition) is 8. The van der Waals surface area contributed by atoms with Gasteiger partial charge in [-0.3, -0.25) is 0 Å². The fourth-order valence-corrected chi connectivity index (χ4v) is 4.13. The highest BCUT2D eigenvalue weighted by Crippen LogP contribution is 2.24. The number of sulfone groups is 1. The Balaban J connectivity index is 1.81. The van der Waals surface area contributed by atoms with Crippen LogP contribution in [0.15, 0.2) is 45.6 Å². The summed E-state index contributed by atoms with van der Waals surface area (Å²) in [7, 11) is -3.71. The van der Waals surface area contributed by atoms with E-state index in [4.69, 9.17) is 11.6 Å². The standard InChI is InChI=1S/C13H10ClN5O3S2/c14-8-1-3-9(4-2-8)24(21,22)12-7-23-11(15-12)6-5-10(20)13-16-18-19-17-13/h1-7,10,20H,(H,16,17,18,19). The Bertz CT molecular complexity index is 952. The van der Waals surface area contributed by atoms with Crippen molar-refractivity contribution in [3.05, 3.63) is 51.6 Å². The first-order valence-electron chi connectivity index (χ1n) is 6.52. The van der Waals surface area contributed by atoms with Gasteiger partial charge in [0.05, 0.1) is 4.90 Å². The van der Waals surface area contributed by atoms with Crippen LogP contribution in [0.25, 0.3) is 6.08 Å². The maximum Gasteiger partial charge on any atom is 0.224 e. The van der Waals surface area contributed by atoms with Crippen molar-refractivity contribution >= 4 is 38.9 Å². The molecule has 0 aliphatic rings. The van der Waals surface area contributed by atoms with Crippen LogP contribution in [0.5, 0.6) is 0 Å². The van der Waals surface area contributed by atoms with Crippen LogP contribution in [-0.2, 0) is 9.84 Å². The van der Waals surface area contributed by atoms with Crippen molar-refractivity contribution in [2.75, 3.05) is 0 Å². The highest BCUT2D eigenvalue weighted by atomic mass is 35.5. The topological polar surface area (TPSA) is 122 Å². The van der Waals surface area contributed by atoms with Gasteiger partial charge >= 0.3 is 0 Å². The maximum atomic E-state index is 12.5. The minimum atomic E-state index is -3.71. The molecule has 2 aromatic heterocycles. The molecule has 3 rings (SSSR count). The number of aliphatic hydroxyl groups is 1. The van der Waals surface area contributed by atoms with Gasteiger partial charge in [-0.2, -0.15) is 5.21 Å². The average molecular weight is 384 g/mol. The number of rotatable bonds is 5. The first-order chi connectivity index (χ1) is 11.5. The zero-order valence-corrected chi connectivity index (χ0v) is 14.3. The number of thiazole rings is 1. The van der Waals surface area contributed by atoms with Gasteiger partial charge < -0.3 is 5.11 Å². The van der Waals surface area contributed by atoms with E-state index < -0.39 is 15.9 Å². The lowest BCUT2D eigenvalue weighted by Gasteiger charge is -2.00. The van der Waals surface area contributed by atoms with E-state index in [1.54, 1.807) is 0 Å². The van der Waals surface area contributed by atoms with E-state index in [-0.39, 0.29) is 15.7 Å². The number of hydrogen-bond donors (Lipinski definition) is 2. The fraction of sp³-hybridized carbons (Fsp3) is 0.0769. The lowest BCUT2D eigenvalue weighted by molar-refractivity contribution is 0.219. The van der Waals surface area contributed by atoms with Gasteiger partial charge in [-0.15, -0.1) is 21.5 Å². The van der Waals surface area contributed by atoms with Crippen LogP contribution in [0.3, 0.4) is 0 Å². The van der Waals surface area contributed by atoms with E-state index in [0.717, 1.165) is 11.3 Å². The third-order valence-corrected chi connectivity index (χ3v) is 5.81. The zero-order chi connectivity index (χ0) is 17.2. The molecule has 2 N–H and O–H groups in total. The van der Waals surface area contributed by atoms with E-state index in [1.807, 2.05) is 0 Å². The van der Waals surface area contributed by atoms with Crippen LogP contribution < -0.4 is 0 Å². The van der Waals surface area contributed by atoms with Gasteiger partial charge in [-0.05, 0) is 36.4 Å². The van der Waals surface area contributed by atoms with E-state index >= 15 is 0 Å². The van der Waals surface area contributed by atoms with Gasteiger partial charge in [0.25, 0.3) is 0 Å². The Labute approximate surface area is 145 Å². The number of nitrogens with one attached hydrogen (secondary N) is 1. The van der Waals surface area contributed by atoms with Crippen molar-refractivity contribution in [3.63, 3.8) is 0 Å². The Morgan fingerprint density at radius 3 is 2.71 bits per heavy atom. The summed E-state index contributed by atoms with van der Waals surface area (Å²) in [6, 6.07) is 5.85. The molecule has 24 heavy (non-hydrogen) atoms. The SMILES string of the molecule is O=S(=O)(c1ccc(Cl)cc1)c1csc(C=CC(O)c2nn[nH]n2)n1. The molecule has 124 valence electrons. The monoisotopic (exact) mass is 383 g/mol. The molecule has 0 saturated heterocycles. The molecule has 0 saturated carbocycles. The second-order valence-electron chi connectivity index (χ2n) is 4.56. The number of aliphatic hydroxyl groups excluding tert-OH is 1. The summed E-state index contributed by atoms with van der Waals surface area (Å²) in [5.74, 6) is 0.108. The van der Waals surface area contributed by atoms with Crippen molar-refractivity contribution in [1.82, 2.24) is 25.6 Å². The quantitative estimate of drug-likeness (QED) is 0.689. The van der Waals surface area contributed by atoms with Gasteiger partial charge in [0.1, 0.15) is 11.1 Å². The molecule has 0 radical (unpaired) electrons. The van der Waals surface area contributed by atoms with Crippen LogP contribution >= 0.6 is 22.9 Å². The Morgan fingerprint density at radius 1 is 1.29 bits per heavy atom. The molecule has 1 unspecified atom stereocenters. The predicted octanol–water partition coefficient (Wildman–Crippen LogP) is 1.89. The van der Waals surface area contributed by atoms with E-state index in [2.05, 4.69) is 25.6 Å². The predicted molar refractivity (Wildman–Crippen MR) is 87.2 cm³/mol. The Morgan fingerprint density at radius 2 is 2.04 bits per heavy atom. The van der Waals surface area contributed by atoms with Crippen molar-refractivity contribution in [2.24, 2.45) is 0 Å². The summed E-state index contributed by atoms with van der Waals surface area (Å²) < 4.78 is 25.0. The summed E-state index contributed by atoms with van der Waals surface area (Å²) >= 11 is 6.90. The minimum absolute atomic E-state index is 0.0662. The van der Waals surface area contributed by atoms with E-state index in [1.165, 1.54) is 41.8 Å². The van der Waals surface area contributed by atoms with E-state index in [9.17, 15) is 13.5 Å². The number of halogens is 1. The molecule has 8 nitrogen and oxygen atoms in total. The molecule has 3 aromatic rings. The highest BCUT2D eigenvalue weighted by Gasteiger charge is 2.20. The van der Waals surface area contributed by atoms with Gasteiger partial charge in [-0.25, -0.2) is 13.4 Å². The van der Waals surface area contributed by atoms with Crippen molar-refractivity contribution < 1.29 is 13.5 Å². The van der Waals surface area contributed by atoms with Crippen LogP contribution in [0.2, 0.25) is 5.02 Å². The smallest absolute Gasteiger partial charge is 0.224 e.